The summed E-state index contributed by atoms with van der Waals surface area (Å²) in [4.78, 5) is 23.5. The van der Waals surface area contributed by atoms with Crippen molar-refractivity contribution in [3.05, 3.63) is 29.8 Å². The number of carboxylic acid groups (broad SMARTS) is 1. The summed E-state index contributed by atoms with van der Waals surface area (Å²) in [5, 5.41) is 11.5. The molecular formula is C14H19NO4S. The first-order valence-electron chi connectivity index (χ1n) is 6.31. The van der Waals surface area contributed by atoms with Crippen LogP contribution >= 0.6 is 11.8 Å². The molecule has 110 valence electrons. The van der Waals surface area contributed by atoms with Crippen LogP contribution in [0.3, 0.4) is 0 Å². The number of carbonyl (C=O) groups excluding carboxylic acids is 1. The molecule has 0 bridgehead atoms. The summed E-state index contributed by atoms with van der Waals surface area (Å²) in [5.41, 5.74) is 0.225. The van der Waals surface area contributed by atoms with Gasteiger partial charge >= 0.3 is 5.97 Å². The minimum absolute atomic E-state index is 0.0631. The molecule has 1 atom stereocenters. The summed E-state index contributed by atoms with van der Waals surface area (Å²) in [6.45, 7) is 2.99. The van der Waals surface area contributed by atoms with Crippen LogP contribution in [0.5, 0.6) is 0 Å². The first-order valence-corrected chi connectivity index (χ1v) is 7.19. The third-order valence-electron chi connectivity index (χ3n) is 2.59. The van der Waals surface area contributed by atoms with Gasteiger partial charge in [0.15, 0.2) is 0 Å². The Kier molecular flexibility index (Phi) is 7.11. The number of methoxy groups -OCH3 is 1. The van der Waals surface area contributed by atoms with Gasteiger partial charge in [-0.3, -0.25) is 4.79 Å². The van der Waals surface area contributed by atoms with E-state index in [4.69, 9.17) is 9.84 Å². The molecule has 0 spiro atoms. The number of aromatic carboxylic acids is 1. The molecule has 0 heterocycles. The molecule has 0 aliphatic heterocycles. The monoisotopic (exact) mass is 297 g/mol. The van der Waals surface area contributed by atoms with Crippen LogP contribution in [-0.4, -0.2) is 42.5 Å². The lowest BCUT2D eigenvalue weighted by molar-refractivity contribution is -0.120. The van der Waals surface area contributed by atoms with Gasteiger partial charge in [-0.1, -0.05) is 6.07 Å². The Morgan fingerprint density at radius 1 is 1.45 bits per heavy atom. The fourth-order valence-corrected chi connectivity index (χ4v) is 2.48. The molecule has 20 heavy (non-hydrogen) atoms. The largest absolute Gasteiger partial charge is 0.478 e. The molecule has 0 radical (unpaired) electrons. The van der Waals surface area contributed by atoms with Crippen LogP contribution < -0.4 is 5.32 Å². The average Bonchev–Trinajstić information content (AvgIpc) is 2.43. The van der Waals surface area contributed by atoms with Crippen molar-refractivity contribution in [2.75, 3.05) is 20.3 Å². The second kappa shape index (κ2) is 8.60. The van der Waals surface area contributed by atoms with Gasteiger partial charge in [-0.15, -0.1) is 11.8 Å². The van der Waals surface area contributed by atoms with Crippen molar-refractivity contribution in [3.63, 3.8) is 0 Å². The Morgan fingerprint density at radius 2 is 2.20 bits per heavy atom. The lowest BCUT2D eigenvalue weighted by Gasteiger charge is -2.12. The number of rotatable bonds is 8. The number of ether oxygens (including phenoxy) is 1. The predicted molar refractivity (Wildman–Crippen MR) is 78.2 cm³/mol. The SMILES string of the molecule is COCCCNC(=O)C(C)Sc1cccc(C(=O)O)c1. The molecule has 1 aromatic carbocycles. The van der Waals surface area contributed by atoms with Crippen molar-refractivity contribution in [2.45, 2.75) is 23.5 Å². The van der Waals surface area contributed by atoms with Crippen LogP contribution in [0.2, 0.25) is 0 Å². The van der Waals surface area contributed by atoms with Crippen LogP contribution in [0.4, 0.5) is 0 Å². The Bertz CT molecular complexity index is 464. The van der Waals surface area contributed by atoms with Crippen LogP contribution in [0.25, 0.3) is 0 Å². The summed E-state index contributed by atoms with van der Waals surface area (Å²) >= 11 is 1.34. The fourth-order valence-electron chi connectivity index (χ4n) is 1.53. The standard InChI is InChI=1S/C14H19NO4S/c1-10(13(16)15-7-4-8-19-2)20-12-6-3-5-11(9-12)14(17)18/h3,5-6,9-10H,4,7-8H2,1-2H3,(H,15,16)(H,17,18). The number of carboxylic acids is 1. The molecule has 2 N–H and O–H groups in total. The molecule has 1 amide bonds. The number of thioether (sulfide) groups is 1. The van der Waals surface area contributed by atoms with E-state index in [1.54, 1.807) is 32.2 Å². The minimum Gasteiger partial charge on any atom is -0.478 e. The van der Waals surface area contributed by atoms with E-state index in [1.807, 2.05) is 0 Å². The Morgan fingerprint density at radius 3 is 2.85 bits per heavy atom. The topological polar surface area (TPSA) is 75.6 Å². The van der Waals surface area contributed by atoms with Gasteiger partial charge in [0.25, 0.3) is 0 Å². The Balaban J connectivity index is 2.48. The average molecular weight is 297 g/mol. The lowest BCUT2D eigenvalue weighted by Crippen LogP contribution is -2.32. The molecule has 0 saturated heterocycles. The normalized spacial score (nSPS) is 11.9. The number of benzene rings is 1. The maximum Gasteiger partial charge on any atom is 0.335 e. The van der Waals surface area contributed by atoms with E-state index in [0.29, 0.717) is 13.2 Å². The Labute approximate surface area is 122 Å². The minimum atomic E-state index is -0.968. The molecule has 6 heteroatoms. The molecule has 0 saturated carbocycles. The zero-order valence-electron chi connectivity index (χ0n) is 11.6. The molecular weight excluding hydrogens is 278 g/mol. The van der Waals surface area contributed by atoms with E-state index in [1.165, 1.54) is 17.8 Å². The highest BCUT2D eigenvalue weighted by molar-refractivity contribution is 8.00. The van der Waals surface area contributed by atoms with E-state index in [-0.39, 0.29) is 16.7 Å². The molecule has 1 unspecified atom stereocenters. The zero-order valence-corrected chi connectivity index (χ0v) is 12.4. The van der Waals surface area contributed by atoms with Gasteiger partial charge < -0.3 is 15.2 Å². The fraction of sp³-hybridized carbons (Fsp3) is 0.429. The van der Waals surface area contributed by atoms with Crippen molar-refractivity contribution in [1.29, 1.82) is 0 Å². The lowest BCUT2D eigenvalue weighted by atomic mass is 10.2. The first kappa shape index (κ1) is 16.5. The van der Waals surface area contributed by atoms with Crippen molar-refractivity contribution in [2.24, 2.45) is 0 Å². The van der Waals surface area contributed by atoms with Crippen molar-refractivity contribution >= 4 is 23.6 Å². The quantitative estimate of drug-likeness (QED) is 0.567. The number of hydrogen-bond donors (Lipinski definition) is 2. The summed E-state index contributed by atoms with van der Waals surface area (Å²) in [5.74, 6) is -1.03. The molecule has 0 fully saturated rings. The van der Waals surface area contributed by atoms with Crippen LogP contribution in [0.15, 0.2) is 29.2 Å². The third kappa shape index (κ3) is 5.63. The molecule has 0 aliphatic rings. The summed E-state index contributed by atoms with van der Waals surface area (Å²) < 4.78 is 4.90. The molecule has 0 aliphatic carbocycles. The predicted octanol–water partition coefficient (Wildman–Crippen LogP) is 2.02. The van der Waals surface area contributed by atoms with E-state index in [2.05, 4.69) is 5.32 Å². The van der Waals surface area contributed by atoms with Crippen LogP contribution in [0.1, 0.15) is 23.7 Å². The second-order valence-electron chi connectivity index (χ2n) is 4.23. The van der Waals surface area contributed by atoms with E-state index in [9.17, 15) is 9.59 Å². The van der Waals surface area contributed by atoms with Gasteiger partial charge in [-0.25, -0.2) is 4.79 Å². The molecule has 1 rings (SSSR count). The summed E-state index contributed by atoms with van der Waals surface area (Å²) in [6.07, 6.45) is 0.772. The number of hydrogen-bond acceptors (Lipinski definition) is 4. The number of carbonyl (C=O) groups is 2. The molecule has 1 aromatic rings. The van der Waals surface area contributed by atoms with Gasteiger partial charge in [-0.2, -0.15) is 0 Å². The van der Waals surface area contributed by atoms with E-state index >= 15 is 0 Å². The second-order valence-corrected chi connectivity index (χ2v) is 5.64. The molecule has 0 aromatic heterocycles. The highest BCUT2D eigenvalue weighted by Gasteiger charge is 2.14. The van der Waals surface area contributed by atoms with E-state index in [0.717, 1.165) is 11.3 Å². The summed E-state index contributed by atoms with van der Waals surface area (Å²) in [6, 6.07) is 6.57. The van der Waals surface area contributed by atoms with Crippen molar-refractivity contribution in [1.82, 2.24) is 5.32 Å². The molecule has 5 nitrogen and oxygen atoms in total. The number of nitrogens with one attached hydrogen (secondary N) is 1. The van der Waals surface area contributed by atoms with Crippen molar-refractivity contribution < 1.29 is 19.4 Å². The van der Waals surface area contributed by atoms with Gasteiger partial charge in [-0.05, 0) is 31.5 Å². The number of amides is 1. The van der Waals surface area contributed by atoms with Gasteiger partial charge in [0.2, 0.25) is 5.91 Å². The smallest absolute Gasteiger partial charge is 0.335 e. The van der Waals surface area contributed by atoms with Gasteiger partial charge in [0.1, 0.15) is 0 Å². The maximum atomic E-state index is 11.8. The highest BCUT2D eigenvalue weighted by atomic mass is 32.2. The van der Waals surface area contributed by atoms with Crippen molar-refractivity contribution in [3.8, 4) is 0 Å². The zero-order chi connectivity index (χ0) is 15.0. The van der Waals surface area contributed by atoms with Gasteiger partial charge in [0.05, 0.1) is 10.8 Å². The highest BCUT2D eigenvalue weighted by Crippen LogP contribution is 2.24. The van der Waals surface area contributed by atoms with Gasteiger partial charge in [0, 0.05) is 25.2 Å². The Hall–Kier alpha value is -1.53. The van der Waals surface area contributed by atoms with Crippen LogP contribution in [0, 0.1) is 0 Å². The summed E-state index contributed by atoms with van der Waals surface area (Å²) in [7, 11) is 1.62. The first-order chi connectivity index (χ1) is 9.54. The van der Waals surface area contributed by atoms with E-state index < -0.39 is 5.97 Å². The maximum absolute atomic E-state index is 11.8. The third-order valence-corrected chi connectivity index (χ3v) is 3.68. The van der Waals surface area contributed by atoms with Crippen LogP contribution in [-0.2, 0) is 9.53 Å².